The molecule has 1 rings (SSSR count). The van der Waals surface area contributed by atoms with Crippen molar-refractivity contribution in [3.63, 3.8) is 0 Å². The van der Waals surface area contributed by atoms with E-state index >= 15 is 0 Å². The lowest BCUT2D eigenvalue weighted by Crippen LogP contribution is -2.15. The maximum atomic E-state index is 5.50. The summed E-state index contributed by atoms with van der Waals surface area (Å²) in [6, 6.07) is 0. The van der Waals surface area contributed by atoms with Crippen molar-refractivity contribution >= 4 is 11.8 Å². The molecule has 0 aliphatic heterocycles. The molecule has 1 aliphatic carbocycles. The van der Waals surface area contributed by atoms with Gasteiger partial charge in [-0.2, -0.15) is 11.8 Å². The molecule has 0 heterocycles. The largest absolute Gasteiger partial charge is 0.330 e. The summed E-state index contributed by atoms with van der Waals surface area (Å²) in [6.45, 7) is 5.55. The van der Waals surface area contributed by atoms with Gasteiger partial charge in [-0.05, 0) is 43.9 Å². The Kier molecular flexibility index (Phi) is 3.47. The Balaban J connectivity index is 2.34. The molecule has 12 heavy (non-hydrogen) atoms. The van der Waals surface area contributed by atoms with Crippen LogP contribution in [0.25, 0.3) is 0 Å². The molecule has 0 aromatic rings. The molecule has 0 saturated heterocycles. The standard InChI is InChI=1S/C10H21NS/c1-8(2)10(12-3)7-9(10)5-4-6-11/h8-9H,4-7,11H2,1-3H3. The van der Waals surface area contributed by atoms with E-state index < -0.39 is 0 Å². The van der Waals surface area contributed by atoms with Gasteiger partial charge in [0, 0.05) is 4.75 Å². The van der Waals surface area contributed by atoms with Crippen LogP contribution in [0.3, 0.4) is 0 Å². The molecule has 2 unspecified atom stereocenters. The second kappa shape index (κ2) is 4.01. The summed E-state index contributed by atoms with van der Waals surface area (Å²) in [4.78, 5) is 0. The molecule has 0 amide bonds. The number of thioether (sulfide) groups is 1. The Morgan fingerprint density at radius 3 is 2.58 bits per heavy atom. The molecule has 2 atom stereocenters. The highest BCUT2D eigenvalue weighted by atomic mass is 32.2. The van der Waals surface area contributed by atoms with Crippen molar-refractivity contribution in [1.82, 2.24) is 0 Å². The first-order valence-electron chi connectivity index (χ1n) is 4.92. The highest BCUT2D eigenvalue weighted by molar-refractivity contribution is 8.00. The van der Waals surface area contributed by atoms with Crippen LogP contribution in [0.2, 0.25) is 0 Å². The average molecular weight is 187 g/mol. The van der Waals surface area contributed by atoms with Gasteiger partial charge in [0.1, 0.15) is 0 Å². The van der Waals surface area contributed by atoms with Gasteiger partial charge in [-0.3, -0.25) is 0 Å². The lowest BCUT2D eigenvalue weighted by atomic mass is 10.0. The lowest BCUT2D eigenvalue weighted by Gasteiger charge is -2.18. The minimum atomic E-state index is 0.620. The summed E-state index contributed by atoms with van der Waals surface area (Å²) in [5, 5.41) is 0. The van der Waals surface area contributed by atoms with Gasteiger partial charge < -0.3 is 5.73 Å². The van der Waals surface area contributed by atoms with Gasteiger partial charge >= 0.3 is 0 Å². The molecule has 1 aliphatic rings. The molecule has 72 valence electrons. The molecule has 2 N–H and O–H groups in total. The van der Waals surface area contributed by atoms with Gasteiger partial charge in [0.15, 0.2) is 0 Å². The topological polar surface area (TPSA) is 26.0 Å². The Bertz CT molecular complexity index is 147. The molecule has 0 radical (unpaired) electrons. The molecular formula is C10H21NS. The van der Waals surface area contributed by atoms with E-state index in [0.717, 1.165) is 18.4 Å². The highest BCUT2D eigenvalue weighted by Crippen LogP contribution is 2.59. The van der Waals surface area contributed by atoms with Crippen LogP contribution in [-0.2, 0) is 0 Å². The summed E-state index contributed by atoms with van der Waals surface area (Å²) in [6.07, 6.45) is 6.23. The zero-order valence-electron chi connectivity index (χ0n) is 8.47. The predicted octanol–water partition coefficient (Wildman–Crippen LogP) is 2.50. The quantitative estimate of drug-likeness (QED) is 0.715. The van der Waals surface area contributed by atoms with E-state index in [0.29, 0.717) is 4.75 Å². The Morgan fingerprint density at radius 1 is 1.58 bits per heavy atom. The fraction of sp³-hybridized carbons (Fsp3) is 1.00. The van der Waals surface area contributed by atoms with E-state index in [4.69, 9.17) is 5.73 Å². The van der Waals surface area contributed by atoms with Gasteiger partial charge in [0.25, 0.3) is 0 Å². The third-order valence-electron chi connectivity index (χ3n) is 3.21. The van der Waals surface area contributed by atoms with E-state index in [2.05, 4.69) is 31.9 Å². The normalized spacial score (nSPS) is 34.2. The second-order valence-corrected chi connectivity index (χ2v) is 5.31. The fourth-order valence-corrected chi connectivity index (χ4v) is 3.52. The zero-order valence-corrected chi connectivity index (χ0v) is 9.29. The number of hydrogen-bond acceptors (Lipinski definition) is 2. The van der Waals surface area contributed by atoms with Crippen LogP contribution >= 0.6 is 11.8 Å². The van der Waals surface area contributed by atoms with Crippen molar-refractivity contribution in [3.05, 3.63) is 0 Å². The van der Waals surface area contributed by atoms with E-state index in [1.54, 1.807) is 0 Å². The second-order valence-electron chi connectivity index (χ2n) is 4.15. The van der Waals surface area contributed by atoms with Crippen molar-refractivity contribution in [1.29, 1.82) is 0 Å². The number of nitrogens with two attached hydrogens (primary N) is 1. The van der Waals surface area contributed by atoms with Crippen molar-refractivity contribution in [2.24, 2.45) is 17.6 Å². The van der Waals surface area contributed by atoms with E-state index in [-0.39, 0.29) is 0 Å². The molecule has 1 saturated carbocycles. The first-order chi connectivity index (χ1) is 5.67. The Labute approximate surface area is 80.5 Å². The van der Waals surface area contributed by atoms with Crippen LogP contribution in [0.4, 0.5) is 0 Å². The summed E-state index contributed by atoms with van der Waals surface area (Å²) < 4.78 is 0.620. The van der Waals surface area contributed by atoms with Crippen molar-refractivity contribution in [2.45, 2.75) is 37.9 Å². The zero-order chi connectivity index (χ0) is 9.19. The molecular weight excluding hydrogens is 166 g/mol. The predicted molar refractivity (Wildman–Crippen MR) is 57.5 cm³/mol. The van der Waals surface area contributed by atoms with E-state index in [9.17, 15) is 0 Å². The van der Waals surface area contributed by atoms with Crippen LogP contribution in [-0.4, -0.2) is 17.5 Å². The van der Waals surface area contributed by atoms with Crippen LogP contribution in [0.1, 0.15) is 33.1 Å². The smallest absolute Gasteiger partial charge is 0.0212 e. The van der Waals surface area contributed by atoms with E-state index in [1.807, 2.05) is 0 Å². The summed E-state index contributed by atoms with van der Waals surface area (Å²) in [5.74, 6) is 1.78. The van der Waals surface area contributed by atoms with Crippen LogP contribution < -0.4 is 5.73 Å². The van der Waals surface area contributed by atoms with Crippen LogP contribution in [0, 0.1) is 11.8 Å². The van der Waals surface area contributed by atoms with Gasteiger partial charge in [0.05, 0.1) is 0 Å². The molecule has 2 heteroatoms. The first-order valence-corrected chi connectivity index (χ1v) is 6.15. The molecule has 0 spiro atoms. The maximum absolute atomic E-state index is 5.50. The molecule has 0 aromatic heterocycles. The summed E-state index contributed by atoms with van der Waals surface area (Å²) in [5.41, 5.74) is 5.50. The van der Waals surface area contributed by atoms with E-state index in [1.165, 1.54) is 19.3 Å². The van der Waals surface area contributed by atoms with Gasteiger partial charge in [-0.15, -0.1) is 0 Å². The minimum Gasteiger partial charge on any atom is -0.330 e. The molecule has 0 aromatic carbocycles. The van der Waals surface area contributed by atoms with Crippen molar-refractivity contribution in [2.75, 3.05) is 12.8 Å². The fourth-order valence-electron chi connectivity index (χ4n) is 2.23. The van der Waals surface area contributed by atoms with Crippen LogP contribution in [0.15, 0.2) is 0 Å². The highest BCUT2D eigenvalue weighted by Gasteiger charge is 2.54. The number of hydrogen-bond donors (Lipinski definition) is 1. The van der Waals surface area contributed by atoms with Crippen molar-refractivity contribution < 1.29 is 0 Å². The molecule has 1 nitrogen and oxygen atoms in total. The van der Waals surface area contributed by atoms with Crippen molar-refractivity contribution in [3.8, 4) is 0 Å². The SMILES string of the molecule is CSC1(C(C)C)CC1CCCN. The third kappa shape index (κ3) is 1.80. The summed E-state index contributed by atoms with van der Waals surface area (Å²) in [7, 11) is 0. The monoisotopic (exact) mass is 187 g/mol. The maximum Gasteiger partial charge on any atom is 0.0212 e. The van der Waals surface area contributed by atoms with Gasteiger partial charge in [0.2, 0.25) is 0 Å². The average Bonchev–Trinajstić information content (AvgIpc) is 2.76. The van der Waals surface area contributed by atoms with Gasteiger partial charge in [-0.1, -0.05) is 13.8 Å². The molecule has 1 fully saturated rings. The number of rotatable bonds is 5. The first kappa shape index (κ1) is 10.4. The van der Waals surface area contributed by atoms with Gasteiger partial charge in [-0.25, -0.2) is 0 Å². The third-order valence-corrected chi connectivity index (χ3v) is 4.94. The Morgan fingerprint density at radius 2 is 2.25 bits per heavy atom. The molecule has 0 bridgehead atoms. The van der Waals surface area contributed by atoms with Crippen LogP contribution in [0.5, 0.6) is 0 Å². The minimum absolute atomic E-state index is 0.620. The Hall–Kier alpha value is 0.310. The lowest BCUT2D eigenvalue weighted by molar-refractivity contribution is 0.532. The summed E-state index contributed by atoms with van der Waals surface area (Å²) >= 11 is 2.06.